The number of aryl methyl sites for hydroxylation is 2. The van der Waals surface area contributed by atoms with Gasteiger partial charge in [-0.25, -0.2) is 4.68 Å². The monoisotopic (exact) mass is 533 g/mol. The summed E-state index contributed by atoms with van der Waals surface area (Å²) < 4.78 is 32.8. The van der Waals surface area contributed by atoms with Crippen LogP contribution in [0.15, 0.2) is 51.5 Å². The average Bonchev–Trinajstić information content (AvgIpc) is 3.23. The lowest BCUT2D eigenvalue weighted by Crippen LogP contribution is -2.18. The number of halogens is 1. The van der Waals surface area contributed by atoms with Gasteiger partial charge in [-0.05, 0) is 44.5 Å². The van der Waals surface area contributed by atoms with Crippen LogP contribution in [0.25, 0.3) is 0 Å². The van der Waals surface area contributed by atoms with Gasteiger partial charge in [0.1, 0.15) is 17.6 Å². The van der Waals surface area contributed by atoms with E-state index >= 15 is 0 Å². The summed E-state index contributed by atoms with van der Waals surface area (Å²) in [5, 5.41) is 8.74. The highest BCUT2D eigenvalue weighted by Crippen LogP contribution is 2.40. The van der Waals surface area contributed by atoms with Gasteiger partial charge >= 0.3 is 10.1 Å². The van der Waals surface area contributed by atoms with Crippen molar-refractivity contribution in [1.82, 2.24) is 9.78 Å². The number of aromatic nitrogens is 2. The highest BCUT2D eigenvalue weighted by molar-refractivity contribution is 7.99. The normalized spacial score (nSPS) is 14.6. The predicted molar refractivity (Wildman–Crippen MR) is 135 cm³/mol. The van der Waals surface area contributed by atoms with Crippen molar-refractivity contribution in [2.45, 2.75) is 43.5 Å². The Bertz CT molecular complexity index is 1430. The van der Waals surface area contributed by atoms with Crippen LogP contribution in [0, 0.1) is 13.8 Å². The third-order valence-corrected chi connectivity index (χ3v) is 8.41. The minimum atomic E-state index is -4.20. The molecule has 0 unspecified atom stereocenters. The summed E-state index contributed by atoms with van der Waals surface area (Å²) in [6.07, 6.45) is 1.98. The van der Waals surface area contributed by atoms with Crippen molar-refractivity contribution in [2.24, 2.45) is 5.16 Å². The van der Waals surface area contributed by atoms with Crippen molar-refractivity contribution in [3.05, 3.63) is 69.4 Å². The molecule has 1 aliphatic heterocycles. The van der Waals surface area contributed by atoms with E-state index in [1.807, 2.05) is 13.8 Å². The maximum Gasteiger partial charge on any atom is 0.340 e. The topological polar surface area (TPSA) is 99.8 Å². The van der Waals surface area contributed by atoms with Crippen molar-refractivity contribution in [3.63, 3.8) is 0 Å². The van der Waals surface area contributed by atoms with E-state index in [0.29, 0.717) is 34.8 Å². The van der Waals surface area contributed by atoms with Gasteiger partial charge in [-0.2, -0.15) is 13.5 Å². The van der Waals surface area contributed by atoms with Crippen LogP contribution in [-0.2, 0) is 21.5 Å². The average molecular weight is 534 g/mol. The van der Waals surface area contributed by atoms with Crippen LogP contribution < -0.4 is 4.18 Å². The Morgan fingerprint density at radius 3 is 2.60 bits per heavy atom. The van der Waals surface area contributed by atoms with E-state index in [4.69, 9.17) is 20.6 Å². The molecule has 184 valence electrons. The Morgan fingerprint density at radius 1 is 1.23 bits per heavy atom. The first-order valence-electron chi connectivity index (χ1n) is 10.9. The summed E-state index contributed by atoms with van der Waals surface area (Å²) in [6, 6.07) is 7.87. The van der Waals surface area contributed by atoms with Gasteiger partial charge < -0.3 is 9.02 Å². The molecule has 1 aliphatic rings. The predicted octanol–water partition coefficient (Wildman–Crippen LogP) is 5.02. The van der Waals surface area contributed by atoms with E-state index in [9.17, 15) is 13.2 Å². The van der Waals surface area contributed by atoms with Crippen molar-refractivity contribution in [2.75, 3.05) is 12.9 Å². The number of hydrogen-bond donors (Lipinski definition) is 0. The molecule has 4 rings (SSSR count). The summed E-state index contributed by atoms with van der Waals surface area (Å²) in [4.78, 5) is 19.6. The van der Waals surface area contributed by atoms with E-state index in [0.717, 1.165) is 21.8 Å². The number of oxime groups is 1. The molecule has 35 heavy (non-hydrogen) atoms. The second-order valence-electron chi connectivity index (χ2n) is 7.91. The van der Waals surface area contributed by atoms with Gasteiger partial charge in [-0.3, -0.25) is 4.79 Å². The van der Waals surface area contributed by atoms with Crippen LogP contribution >= 0.6 is 23.4 Å². The standard InChI is InChI=1S/C24H24ClN3O5S2/c1-5-28-24(33-35(30,31)16-8-6-14(2)7-9-16)18(13-26-28)22(29)17-12-19(25)23-21(15(17)3)20(27-32-4)10-11-34-23/h6-9,12-13H,5,10-11H2,1-4H3. The Hall–Kier alpha value is -2.82. The first-order chi connectivity index (χ1) is 16.7. The van der Waals surface area contributed by atoms with Gasteiger partial charge in [0.05, 0.1) is 16.9 Å². The Balaban J connectivity index is 1.80. The number of benzene rings is 2. The van der Waals surface area contributed by atoms with E-state index < -0.39 is 15.9 Å². The lowest BCUT2D eigenvalue weighted by Gasteiger charge is -2.22. The first-order valence-corrected chi connectivity index (χ1v) is 13.6. The molecule has 1 aromatic heterocycles. The molecule has 0 radical (unpaired) electrons. The first kappa shape index (κ1) is 25.3. The lowest BCUT2D eigenvalue weighted by molar-refractivity contribution is 0.103. The van der Waals surface area contributed by atoms with Gasteiger partial charge in [-0.1, -0.05) is 34.5 Å². The number of nitrogens with zero attached hydrogens (tertiary/aromatic N) is 3. The number of ketones is 1. The second-order valence-corrected chi connectivity index (χ2v) is 11.0. The smallest absolute Gasteiger partial charge is 0.340 e. The fraction of sp³-hybridized carbons (Fsp3) is 0.292. The molecule has 0 amide bonds. The van der Waals surface area contributed by atoms with Gasteiger partial charge in [0.25, 0.3) is 0 Å². The quantitative estimate of drug-likeness (QED) is 0.239. The fourth-order valence-electron chi connectivity index (χ4n) is 3.87. The molecule has 3 aromatic rings. The van der Waals surface area contributed by atoms with Gasteiger partial charge in [0.15, 0.2) is 5.78 Å². The largest absolute Gasteiger partial charge is 0.399 e. The molecule has 2 heterocycles. The number of thioether (sulfide) groups is 1. The van der Waals surface area contributed by atoms with E-state index in [1.165, 1.54) is 30.1 Å². The van der Waals surface area contributed by atoms with Crippen molar-refractivity contribution in [3.8, 4) is 5.88 Å². The molecule has 0 fully saturated rings. The van der Waals surface area contributed by atoms with Gasteiger partial charge in [-0.15, -0.1) is 11.8 Å². The molecular formula is C24H24ClN3O5S2. The van der Waals surface area contributed by atoms with Crippen LogP contribution in [0.3, 0.4) is 0 Å². The van der Waals surface area contributed by atoms with Crippen LogP contribution in [-0.4, -0.2) is 42.6 Å². The minimum Gasteiger partial charge on any atom is -0.399 e. The molecule has 0 saturated heterocycles. The van der Waals surface area contributed by atoms with Gasteiger partial charge in [0.2, 0.25) is 5.88 Å². The summed E-state index contributed by atoms with van der Waals surface area (Å²) in [5.74, 6) is 0.194. The van der Waals surface area contributed by atoms with E-state index in [1.54, 1.807) is 36.9 Å². The zero-order chi connectivity index (χ0) is 25.3. The Morgan fingerprint density at radius 2 is 1.94 bits per heavy atom. The summed E-state index contributed by atoms with van der Waals surface area (Å²) >= 11 is 8.16. The number of carbonyl (C=O) groups is 1. The van der Waals surface area contributed by atoms with Gasteiger partial charge in [0, 0.05) is 34.7 Å². The molecule has 8 nitrogen and oxygen atoms in total. The summed E-state index contributed by atoms with van der Waals surface area (Å²) in [6.45, 7) is 5.75. The number of hydrogen-bond acceptors (Lipinski definition) is 8. The molecule has 0 spiro atoms. The molecule has 2 aromatic carbocycles. The summed E-state index contributed by atoms with van der Waals surface area (Å²) in [7, 11) is -2.73. The summed E-state index contributed by atoms with van der Waals surface area (Å²) in [5.41, 5.74) is 3.39. The highest BCUT2D eigenvalue weighted by Gasteiger charge is 2.30. The maximum atomic E-state index is 13.7. The van der Waals surface area contributed by atoms with Crippen molar-refractivity contribution < 1.29 is 22.2 Å². The molecule has 0 N–H and O–H groups in total. The van der Waals surface area contributed by atoms with Crippen LogP contribution in [0.2, 0.25) is 5.02 Å². The van der Waals surface area contributed by atoms with Crippen LogP contribution in [0.4, 0.5) is 0 Å². The van der Waals surface area contributed by atoms with Crippen LogP contribution in [0.5, 0.6) is 5.88 Å². The van der Waals surface area contributed by atoms with Crippen molar-refractivity contribution >= 4 is 45.0 Å². The molecule has 0 atom stereocenters. The zero-order valence-corrected chi connectivity index (χ0v) is 22.1. The molecule has 11 heteroatoms. The second kappa shape index (κ2) is 10.0. The maximum absolute atomic E-state index is 13.7. The number of fused-ring (bicyclic) bond motifs is 1. The highest BCUT2D eigenvalue weighted by atomic mass is 35.5. The Kier molecular flexibility index (Phi) is 7.25. The zero-order valence-electron chi connectivity index (χ0n) is 19.7. The van der Waals surface area contributed by atoms with E-state index in [2.05, 4.69) is 10.3 Å². The van der Waals surface area contributed by atoms with Crippen LogP contribution in [0.1, 0.15) is 46.0 Å². The number of rotatable bonds is 7. The molecule has 0 saturated carbocycles. The van der Waals surface area contributed by atoms with E-state index in [-0.39, 0.29) is 16.3 Å². The Labute approximate surface area is 213 Å². The third kappa shape index (κ3) is 4.82. The SMILES string of the molecule is CCn1ncc(C(=O)c2cc(Cl)c3c(c2C)C(=NOC)CCS3)c1OS(=O)(=O)c1ccc(C)cc1. The fourth-order valence-corrected chi connectivity index (χ4v) is 6.30. The molecule has 0 aliphatic carbocycles. The lowest BCUT2D eigenvalue weighted by atomic mass is 9.93. The third-order valence-electron chi connectivity index (χ3n) is 5.65. The van der Waals surface area contributed by atoms with Crippen molar-refractivity contribution in [1.29, 1.82) is 0 Å². The molecular weight excluding hydrogens is 510 g/mol. The minimum absolute atomic E-state index is 0.0178. The number of carbonyl (C=O) groups excluding carboxylic acids is 1. The molecule has 0 bridgehead atoms.